The summed E-state index contributed by atoms with van der Waals surface area (Å²) in [5.41, 5.74) is -0.756. The molecule has 0 fully saturated rings. The smallest absolute Gasteiger partial charge is 0.292 e. The van der Waals surface area contributed by atoms with Crippen molar-refractivity contribution in [2.45, 2.75) is 19.4 Å². The van der Waals surface area contributed by atoms with Crippen LogP contribution in [0.2, 0.25) is 0 Å². The van der Waals surface area contributed by atoms with Crippen molar-refractivity contribution in [1.29, 1.82) is 5.26 Å². The number of nitriles is 1. The molecule has 1 aliphatic rings. The van der Waals surface area contributed by atoms with E-state index in [0.29, 0.717) is 0 Å². The number of ether oxygens (including phenoxy) is 1. The molecular weight excluding hydrogens is 189 g/mol. The molecule has 0 amide bonds. The summed E-state index contributed by atoms with van der Waals surface area (Å²) in [5, 5.41) is 8.69. The summed E-state index contributed by atoms with van der Waals surface area (Å²) >= 11 is 0. The Morgan fingerprint density at radius 2 is 2.13 bits per heavy atom. The van der Waals surface area contributed by atoms with Crippen molar-refractivity contribution in [1.82, 2.24) is 0 Å². The van der Waals surface area contributed by atoms with Crippen LogP contribution >= 0.6 is 0 Å². The maximum absolute atomic E-state index is 8.69. The Morgan fingerprint density at radius 3 is 2.53 bits per heavy atom. The first-order valence-corrected chi connectivity index (χ1v) is 4.06. The number of nitrogens with zero attached hydrogens (tertiary/aromatic N) is 3. The van der Waals surface area contributed by atoms with E-state index < -0.39 is 5.60 Å². The summed E-state index contributed by atoms with van der Waals surface area (Å²) in [6.07, 6.45) is 0. The summed E-state index contributed by atoms with van der Waals surface area (Å²) in [5.74, 6) is -0.00926. The molecule has 1 aliphatic heterocycles. The van der Waals surface area contributed by atoms with Crippen molar-refractivity contribution in [3.8, 4) is 6.07 Å². The molecule has 5 heteroatoms. The monoisotopic (exact) mass is 195 g/mol. The predicted octanol–water partition coefficient (Wildman–Crippen LogP) is 1.75. The second kappa shape index (κ2) is 3.52. The molecule has 0 atom stereocenters. The number of allylic oxidation sites excluding steroid dienone is 1. The second-order valence-electron chi connectivity index (χ2n) is 3.39. The highest BCUT2D eigenvalue weighted by atomic mass is 16.5. The molecule has 0 saturated heterocycles. The molecule has 0 aromatic rings. The molecule has 15 heavy (non-hydrogen) atoms. The highest BCUT2D eigenvalue weighted by Crippen LogP contribution is 2.38. The van der Waals surface area contributed by atoms with Crippen LogP contribution < -0.4 is 0 Å². The van der Waals surface area contributed by atoms with E-state index in [9.17, 15) is 0 Å². The van der Waals surface area contributed by atoms with E-state index in [1.807, 2.05) is 0 Å². The molecule has 1 rings (SSSR count). The van der Waals surface area contributed by atoms with E-state index in [-0.39, 0.29) is 22.6 Å². The van der Waals surface area contributed by atoms with Gasteiger partial charge in [-0.05, 0) is 13.8 Å². The number of hydrogen-bond donors (Lipinski definition) is 0. The summed E-state index contributed by atoms with van der Waals surface area (Å²) < 4.78 is 5.34. The van der Waals surface area contributed by atoms with Crippen molar-refractivity contribution in [2.75, 3.05) is 0 Å². The molecule has 0 N–H and O–H groups in total. The fraction of sp³-hybridized carbons (Fsp3) is 0.300. The van der Waals surface area contributed by atoms with Gasteiger partial charge < -0.3 is 4.74 Å². The van der Waals surface area contributed by atoms with Gasteiger partial charge in [-0.15, -0.1) is 0 Å². The summed E-state index contributed by atoms with van der Waals surface area (Å²) in [4.78, 5) is 6.19. The number of rotatable bonds is 0. The molecule has 0 aromatic heterocycles. The average molecular weight is 195 g/mol. The zero-order valence-corrected chi connectivity index (χ0v) is 8.33. The maximum atomic E-state index is 8.69. The van der Waals surface area contributed by atoms with Crippen molar-refractivity contribution in [3.05, 3.63) is 45.5 Å². The van der Waals surface area contributed by atoms with Crippen LogP contribution in [0.3, 0.4) is 0 Å². The van der Waals surface area contributed by atoms with Crippen LogP contribution in [0, 0.1) is 24.5 Å². The van der Waals surface area contributed by atoms with Crippen LogP contribution in [0.25, 0.3) is 9.69 Å². The molecule has 0 bridgehead atoms. The van der Waals surface area contributed by atoms with Crippen molar-refractivity contribution < 1.29 is 4.74 Å². The van der Waals surface area contributed by atoms with Crippen LogP contribution in [0.4, 0.5) is 0 Å². The van der Waals surface area contributed by atoms with E-state index in [2.05, 4.69) is 9.69 Å². The van der Waals surface area contributed by atoms with E-state index in [1.54, 1.807) is 19.9 Å². The Balaban J connectivity index is 3.47. The van der Waals surface area contributed by atoms with Crippen LogP contribution in [-0.2, 0) is 4.74 Å². The third-order valence-electron chi connectivity index (χ3n) is 2.02. The van der Waals surface area contributed by atoms with Crippen molar-refractivity contribution in [3.63, 3.8) is 0 Å². The fourth-order valence-electron chi connectivity index (χ4n) is 1.16. The molecule has 0 aliphatic carbocycles. The van der Waals surface area contributed by atoms with Gasteiger partial charge in [0.25, 0.3) is 5.70 Å². The standard InChI is InChI=1S/C10H6BN3O/c1-10(2)9(11)7(14-4)8(15-10)6(5-12)13-3/h1-2H3. The van der Waals surface area contributed by atoms with Gasteiger partial charge in [0, 0.05) is 0 Å². The van der Waals surface area contributed by atoms with E-state index in [4.69, 9.17) is 31.0 Å². The lowest BCUT2D eigenvalue weighted by molar-refractivity contribution is 0.0980. The van der Waals surface area contributed by atoms with Gasteiger partial charge >= 0.3 is 0 Å². The molecule has 1 heterocycles. The summed E-state index contributed by atoms with van der Waals surface area (Å²) in [6, 6.07) is 1.68. The first kappa shape index (κ1) is 10.9. The minimum Gasteiger partial charge on any atom is -0.507 e. The fourth-order valence-corrected chi connectivity index (χ4v) is 1.16. The van der Waals surface area contributed by atoms with Gasteiger partial charge in [0.05, 0.1) is 27.1 Å². The first-order valence-electron chi connectivity index (χ1n) is 4.06. The summed E-state index contributed by atoms with van der Waals surface area (Å²) in [7, 11) is 5.70. The zero-order chi connectivity index (χ0) is 11.6. The van der Waals surface area contributed by atoms with Crippen LogP contribution in [0.1, 0.15) is 13.8 Å². The third-order valence-corrected chi connectivity index (χ3v) is 2.02. The largest absolute Gasteiger partial charge is 0.507 e. The SMILES string of the molecule is [B]C1=C([N+]#[C-])C(=C(C#N)[N+]#[C-])OC1(C)C. The quantitative estimate of drug-likeness (QED) is 0.335. The Labute approximate surface area is 89.5 Å². The van der Waals surface area contributed by atoms with Crippen molar-refractivity contribution >= 4 is 7.85 Å². The lowest BCUT2D eigenvalue weighted by Gasteiger charge is -2.21. The average Bonchev–Trinajstić information content (AvgIpc) is 2.40. The Kier molecular flexibility index (Phi) is 2.56. The molecule has 0 unspecified atom stereocenters. The first-order chi connectivity index (χ1) is 6.97. The van der Waals surface area contributed by atoms with E-state index >= 15 is 0 Å². The van der Waals surface area contributed by atoms with Crippen LogP contribution in [0.5, 0.6) is 0 Å². The molecule has 0 aromatic carbocycles. The molecule has 0 spiro atoms. The molecule has 70 valence electrons. The van der Waals surface area contributed by atoms with Gasteiger partial charge in [-0.3, -0.25) is 0 Å². The van der Waals surface area contributed by atoms with Gasteiger partial charge in [0.1, 0.15) is 11.4 Å². The highest BCUT2D eigenvalue weighted by Gasteiger charge is 2.36. The van der Waals surface area contributed by atoms with Crippen molar-refractivity contribution in [2.24, 2.45) is 0 Å². The Bertz CT molecular complexity index is 478. The third kappa shape index (κ3) is 1.58. The molecular formula is C10H6BN3O. The number of hydrogen-bond acceptors (Lipinski definition) is 2. The minimum absolute atomic E-state index is 0.00926. The molecule has 2 radical (unpaired) electrons. The van der Waals surface area contributed by atoms with Gasteiger partial charge in [0.15, 0.2) is 0 Å². The highest BCUT2D eigenvalue weighted by molar-refractivity contribution is 6.24. The van der Waals surface area contributed by atoms with Gasteiger partial charge in [0.2, 0.25) is 5.70 Å². The minimum atomic E-state index is -0.831. The maximum Gasteiger partial charge on any atom is 0.292 e. The van der Waals surface area contributed by atoms with Gasteiger partial charge in [-0.25, -0.2) is 15.0 Å². The van der Waals surface area contributed by atoms with Crippen LogP contribution in [-0.4, -0.2) is 13.4 Å². The van der Waals surface area contributed by atoms with Gasteiger partial charge in [-0.2, -0.15) is 0 Å². The van der Waals surface area contributed by atoms with E-state index in [1.165, 1.54) is 0 Å². The van der Waals surface area contributed by atoms with Gasteiger partial charge in [-0.1, -0.05) is 5.47 Å². The second-order valence-corrected chi connectivity index (χ2v) is 3.39. The zero-order valence-electron chi connectivity index (χ0n) is 8.33. The lowest BCUT2D eigenvalue weighted by Crippen LogP contribution is -2.21. The molecule has 0 saturated carbocycles. The molecule has 4 nitrogen and oxygen atoms in total. The normalized spacial score (nSPS) is 21.0. The predicted molar refractivity (Wildman–Crippen MR) is 53.8 cm³/mol. The summed E-state index contributed by atoms with van der Waals surface area (Å²) in [6.45, 7) is 17.1. The van der Waals surface area contributed by atoms with Crippen LogP contribution in [0.15, 0.2) is 22.6 Å². The Morgan fingerprint density at radius 1 is 1.53 bits per heavy atom. The topological polar surface area (TPSA) is 41.7 Å². The van der Waals surface area contributed by atoms with E-state index in [0.717, 1.165) is 0 Å². The Hall–Kier alpha value is -2.19. The lowest BCUT2D eigenvalue weighted by atomic mass is 9.82.